The van der Waals surface area contributed by atoms with Gasteiger partial charge in [0.2, 0.25) is 5.91 Å². The van der Waals surface area contributed by atoms with Crippen LogP contribution in [0, 0.1) is 0 Å². The molecule has 100 valence electrons. The Morgan fingerprint density at radius 2 is 1.94 bits per heavy atom. The van der Waals surface area contributed by atoms with Crippen LogP contribution in [0.4, 0.5) is 0 Å². The second-order valence-corrected chi connectivity index (χ2v) is 5.46. The monoisotopic (exact) mass is 243 g/mol. The Hall–Kier alpha value is -0.650. The number of nitrogens with one attached hydrogen (secondary N) is 1. The summed E-state index contributed by atoms with van der Waals surface area (Å²) in [6, 6.07) is 0. The average molecular weight is 243 g/mol. The Balaban J connectivity index is 2.53. The van der Waals surface area contributed by atoms with Gasteiger partial charge in [-0.3, -0.25) is 9.69 Å². The molecule has 2 unspecified atom stereocenters. The summed E-state index contributed by atoms with van der Waals surface area (Å²) < 4.78 is 5.71. The van der Waals surface area contributed by atoms with E-state index in [0.717, 1.165) is 13.1 Å². The summed E-state index contributed by atoms with van der Waals surface area (Å²) in [4.78, 5) is 13.6. The lowest BCUT2D eigenvalue weighted by Crippen LogP contribution is -2.59. The molecule has 0 saturated carbocycles. The summed E-state index contributed by atoms with van der Waals surface area (Å²) in [6.07, 6.45) is 0.478. The van der Waals surface area contributed by atoms with Crippen LogP contribution in [0.25, 0.3) is 0 Å². The van der Waals surface area contributed by atoms with E-state index in [0.29, 0.717) is 6.54 Å². The van der Waals surface area contributed by atoms with Crippen molar-refractivity contribution in [1.82, 2.24) is 10.2 Å². The van der Waals surface area contributed by atoms with Crippen molar-refractivity contribution in [3.05, 3.63) is 0 Å². The van der Waals surface area contributed by atoms with E-state index in [1.165, 1.54) is 0 Å². The van der Waals surface area contributed by atoms with Gasteiger partial charge in [0, 0.05) is 25.2 Å². The van der Waals surface area contributed by atoms with Crippen LogP contribution in [0.15, 0.2) is 0 Å². The van der Waals surface area contributed by atoms with Crippen molar-refractivity contribution < 1.29 is 9.53 Å². The molecule has 1 heterocycles. The van der Waals surface area contributed by atoms with Crippen LogP contribution < -0.4 is 11.1 Å². The molecule has 1 aliphatic rings. The number of amides is 1. The smallest absolute Gasteiger partial charge is 0.233 e. The molecule has 3 N–H and O–H groups in total. The van der Waals surface area contributed by atoms with E-state index in [1.807, 2.05) is 0 Å². The molecule has 0 radical (unpaired) electrons. The van der Waals surface area contributed by atoms with Crippen molar-refractivity contribution in [2.75, 3.05) is 26.2 Å². The van der Waals surface area contributed by atoms with E-state index in [1.54, 1.807) is 0 Å². The first kappa shape index (κ1) is 14.4. The van der Waals surface area contributed by atoms with Gasteiger partial charge in [-0.15, -0.1) is 0 Å². The zero-order valence-corrected chi connectivity index (χ0v) is 11.3. The molecule has 0 aliphatic carbocycles. The first-order chi connectivity index (χ1) is 7.85. The normalized spacial score (nSPS) is 26.9. The fourth-order valence-corrected chi connectivity index (χ4v) is 2.17. The second kappa shape index (κ2) is 5.80. The lowest BCUT2D eigenvalue weighted by atomic mass is 10.00. The number of hydrogen-bond acceptors (Lipinski definition) is 4. The largest absolute Gasteiger partial charge is 0.373 e. The maximum absolute atomic E-state index is 11.2. The first-order valence-electron chi connectivity index (χ1n) is 6.22. The highest BCUT2D eigenvalue weighted by molar-refractivity contribution is 5.77. The zero-order chi connectivity index (χ0) is 13.1. The summed E-state index contributed by atoms with van der Waals surface area (Å²) in [6.45, 7) is 10.9. The molecule has 1 aliphatic heterocycles. The number of morpholine rings is 1. The van der Waals surface area contributed by atoms with E-state index in [2.05, 4.69) is 37.9 Å². The summed E-state index contributed by atoms with van der Waals surface area (Å²) in [7, 11) is 0. The van der Waals surface area contributed by atoms with Crippen molar-refractivity contribution in [2.24, 2.45) is 5.73 Å². The molecule has 0 aromatic heterocycles. The van der Waals surface area contributed by atoms with E-state index in [4.69, 9.17) is 10.5 Å². The molecular formula is C12H25N3O2. The third-order valence-corrected chi connectivity index (χ3v) is 3.18. The zero-order valence-electron chi connectivity index (χ0n) is 11.3. The second-order valence-electron chi connectivity index (χ2n) is 5.46. The first-order valence-corrected chi connectivity index (χ1v) is 6.22. The summed E-state index contributed by atoms with van der Waals surface area (Å²) in [5.74, 6) is -0.104. The van der Waals surface area contributed by atoms with Crippen LogP contribution in [-0.2, 0) is 9.53 Å². The number of ether oxygens (including phenoxy) is 1. The standard InChI is InChI=1S/C12H25N3O2/c1-9-6-15(7-10(2)17-9)12(3,4)8-14-11(16)5-13/h9-10H,5-8,13H2,1-4H3,(H,14,16). The molecule has 17 heavy (non-hydrogen) atoms. The van der Waals surface area contributed by atoms with Crippen LogP contribution in [0.3, 0.4) is 0 Å². The number of nitrogens with zero attached hydrogens (tertiary/aromatic N) is 1. The highest BCUT2D eigenvalue weighted by atomic mass is 16.5. The third-order valence-electron chi connectivity index (χ3n) is 3.18. The van der Waals surface area contributed by atoms with Gasteiger partial charge < -0.3 is 15.8 Å². The van der Waals surface area contributed by atoms with Gasteiger partial charge in [0.25, 0.3) is 0 Å². The van der Waals surface area contributed by atoms with E-state index >= 15 is 0 Å². The van der Waals surface area contributed by atoms with Gasteiger partial charge in [0.15, 0.2) is 0 Å². The molecule has 0 aromatic carbocycles. The Bertz CT molecular complexity index is 258. The molecule has 0 spiro atoms. The SMILES string of the molecule is CC1CN(C(C)(C)CNC(=O)CN)CC(C)O1. The highest BCUT2D eigenvalue weighted by Crippen LogP contribution is 2.20. The van der Waals surface area contributed by atoms with Crippen molar-refractivity contribution in [2.45, 2.75) is 45.4 Å². The van der Waals surface area contributed by atoms with E-state index < -0.39 is 0 Å². The van der Waals surface area contributed by atoms with Crippen molar-refractivity contribution in [1.29, 1.82) is 0 Å². The number of carbonyl (C=O) groups is 1. The van der Waals surface area contributed by atoms with Crippen LogP contribution in [0.2, 0.25) is 0 Å². The molecule has 0 aromatic rings. The third kappa shape index (κ3) is 4.26. The van der Waals surface area contributed by atoms with Gasteiger partial charge in [0.1, 0.15) is 0 Å². The van der Waals surface area contributed by atoms with Gasteiger partial charge in [-0.05, 0) is 27.7 Å². The number of nitrogens with two attached hydrogens (primary N) is 1. The summed E-state index contributed by atoms with van der Waals surface area (Å²) >= 11 is 0. The average Bonchev–Trinajstić information content (AvgIpc) is 2.24. The fraction of sp³-hybridized carbons (Fsp3) is 0.917. The lowest BCUT2D eigenvalue weighted by Gasteiger charge is -2.45. The summed E-state index contributed by atoms with van der Waals surface area (Å²) in [5, 5.41) is 2.85. The lowest BCUT2D eigenvalue weighted by molar-refractivity contribution is -0.121. The van der Waals surface area contributed by atoms with Crippen molar-refractivity contribution in [3.63, 3.8) is 0 Å². The number of hydrogen-bond donors (Lipinski definition) is 2. The Labute approximate surface area is 104 Å². The molecule has 5 nitrogen and oxygen atoms in total. The van der Waals surface area contributed by atoms with Crippen molar-refractivity contribution in [3.8, 4) is 0 Å². The minimum atomic E-state index is -0.104. The van der Waals surface area contributed by atoms with Crippen LogP contribution in [0.1, 0.15) is 27.7 Å². The molecule has 2 atom stereocenters. The predicted molar refractivity (Wildman–Crippen MR) is 67.7 cm³/mol. The molecule has 5 heteroatoms. The van der Waals surface area contributed by atoms with Gasteiger partial charge in [-0.1, -0.05) is 0 Å². The van der Waals surface area contributed by atoms with Crippen molar-refractivity contribution >= 4 is 5.91 Å². The maximum Gasteiger partial charge on any atom is 0.233 e. The van der Waals surface area contributed by atoms with E-state index in [9.17, 15) is 4.79 Å². The van der Waals surface area contributed by atoms with E-state index in [-0.39, 0.29) is 30.2 Å². The van der Waals surface area contributed by atoms with Gasteiger partial charge in [0.05, 0.1) is 18.8 Å². The Morgan fingerprint density at radius 3 is 2.41 bits per heavy atom. The Morgan fingerprint density at radius 1 is 1.41 bits per heavy atom. The number of carbonyl (C=O) groups excluding carboxylic acids is 1. The minimum absolute atomic E-state index is 0.0476. The van der Waals surface area contributed by atoms with Crippen LogP contribution in [-0.4, -0.2) is 54.7 Å². The van der Waals surface area contributed by atoms with Crippen LogP contribution >= 0.6 is 0 Å². The quantitative estimate of drug-likeness (QED) is 0.726. The van der Waals surface area contributed by atoms with Gasteiger partial charge >= 0.3 is 0 Å². The molecule has 1 rings (SSSR count). The molecule has 0 bridgehead atoms. The topological polar surface area (TPSA) is 67.6 Å². The Kier molecular flexibility index (Phi) is 4.91. The highest BCUT2D eigenvalue weighted by Gasteiger charge is 2.33. The molecule has 1 saturated heterocycles. The minimum Gasteiger partial charge on any atom is -0.373 e. The fourth-order valence-electron chi connectivity index (χ4n) is 2.17. The summed E-state index contributed by atoms with van der Waals surface area (Å²) in [5.41, 5.74) is 5.21. The predicted octanol–water partition coefficient (Wildman–Crippen LogP) is -0.0509. The maximum atomic E-state index is 11.2. The number of rotatable bonds is 4. The van der Waals surface area contributed by atoms with Crippen LogP contribution in [0.5, 0.6) is 0 Å². The van der Waals surface area contributed by atoms with Gasteiger partial charge in [-0.2, -0.15) is 0 Å². The molecule has 1 fully saturated rings. The molecular weight excluding hydrogens is 218 g/mol. The van der Waals surface area contributed by atoms with Gasteiger partial charge in [-0.25, -0.2) is 0 Å². The molecule has 1 amide bonds.